The van der Waals surface area contributed by atoms with Crippen LogP contribution in [0.1, 0.15) is 27.4 Å². The normalized spacial score (nSPS) is 10.5. The predicted octanol–water partition coefficient (Wildman–Crippen LogP) is 2.15. The fraction of sp³-hybridized carbons (Fsp3) is 0.286. The summed E-state index contributed by atoms with van der Waals surface area (Å²) in [5.74, 6) is 0.722. The number of anilines is 1. The number of hydrogen-bond donors (Lipinski definition) is 1. The van der Waals surface area contributed by atoms with Gasteiger partial charge < -0.3 is 15.1 Å². The molecule has 0 aliphatic carbocycles. The minimum Gasteiger partial charge on any atom is -0.469 e. The van der Waals surface area contributed by atoms with Crippen LogP contribution in [0.25, 0.3) is 0 Å². The van der Waals surface area contributed by atoms with E-state index in [9.17, 15) is 4.79 Å². The van der Waals surface area contributed by atoms with Crippen molar-refractivity contribution in [3.63, 3.8) is 0 Å². The van der Waals surface area contributed by atoms with Crippen LogP contribution in [0.15, 0.2) is 29.0 Å². The van der Waals surface area contributed by atoms with E-state index in [4.69, 9.17) is 10.2 Å². The van der Waals surface area contributed by atoms with Crippen LogP contribution in [0.2, 0.25) is 0 Å². The molecule has 0 fully saturated rings. The molecule has 0 saturated heterocycles. The van der Waals surface area contributed by atoms with E-state index in [-0.39, 0.29) is 5.91 Å². The van der Waals surface area contributed by atoms with E-state index in [2.05, 4.69) is 4.98 Å². The summed E-state index contributed by atoms with van der Waals surface area (Å²) in [6.45, 7) is 4.17. The lowest BCUT2D eigenvalue weighted by atomic mass is 10.1. The molecule has 100 valence electrons. The van der Waals surface area contributed by atoms with Gasteiger partial charge in [0.1, 0.15) is 5.76 Å². The van der Waals surface area contributed by atoms with Crippen molar-refractivity contribution in [3.05, 3.63) is 47.2 Å². The van der Waals surface area contributed by atoms with E-state index in [1.54, 1.807) is 37.4 Å². The molecule has 5 heteroatoms. The first-order chi connectivity index (χ1) is 8.99. The molecule has 0 unspecified atom stereocenters. The van der Waals surface area contributed by atoms with E-state index in [0.717, 1.165) is 11.3 Å². The van der Waals surface area contributed by atoms with Gasteiger partial charge in [0.2, 0.25) is 0 Å². The van der Waals surface area contributed by atoms with Crippen molar-refractivity contribution in [3.8, 4) is 0 Å². The zero-order valence-corrected chi connectivity index (χ0v) is 11.3. The van der Waals surface area contributed by atoms with Crippen molar-refractivity contribution in [2.75, 3.05) is 12.8 Å². The number of aromatic nitrogens is 1. The summed E-state index contributed by atoms with van der Waals surface area (Å²) in [5, 5.41) is 0. The summed E-state index contributed by atoms with van der Waals surface area (Å²) in [7, 11) is 1.75. The Labute approximate surface area is 112 Å². The highest BCUT2D eigenvalue weighted by Crippen LogP contribution is 2.15. The van der Waals surface area contributed by atoms with Gasteiger partial charge in [0.25, 0.3) is 5.91 Å². The van der Waals surface area contributed by atoms with Gasteiger partial charge in [-0.05, 0) is 26.0 Å². The lowest BCUT2D eigenvalue weighted by Crippen LogP contribution is -2.27. The number of carbonyl (C=O) groups excluding carboxylic acids is 1. The highest BCUT2D eigenvalue weighted by atomic mass is 16.3. The molecule has 2 N–H and O–H groups in total. The summed E-state index contributed by atoms with van der Waals surface area (Å²) in [6, 6.07) is 3.52. The Balaban J connectivity index is 2.19. The molecule has 0 atom stereocenters. The fourth-order valence-electron chi connectivity index (χ4n) is 1.87. The molecule has 0 aliphatic heterocycles. The summed E-state index contributed by atoms with van der Waals surface area (Å²) in [5.41, 5.74) is 8.36. The van der Waals surface area contributed by atoms with E-state index in [0.29, 0.717) is 23.5 Å². The second-order valence-electron chi connectivity index (χ2n) is 4.56. The first-order valence-electron chi connectivity index (χ1n) is 5.99. The second kappa shape index (κ2) is 5.14. The molecule has 0 spiro atoms. The third-order valence-corrected chi connectivity index (χ3v) is 3.06. The first-order valence-corrected chi connectivity index (χ1v) is 5.99. The number of pyridine rings is 1. The standard InChI is InChI=1S/C14H17N3O2/c1-9-13(6-12(15)7-16-9)14(18)17(3)8-11-4-5-19-10(11)2/h4-7H,8,15H2,1-3H3. The molecule has 0 radical (unpaired) electrons. The van der Waals surface area contributed by atoms with Gasteiger partial charge in [0, 0.05) is 19.2 Å². The van der Waals surface area contributed by atoms with Crippen molar-refractivity contribution in [2.24, 2.45) is 0 Å². The average molecular weight is 259 g/mol. The Morgan fingerprint density at radius 2 is 2.21 bits per heavy atom. The van der Waals surface area contributed by atoms with Gasteiger partial charge >= 0.3 is 0 Å². The number of nitrogens with two attached hydrogens (primary N) is 1. The fourth-order valence-corrected chi connectivity index (χ4v) is 1.87. The maximum atomic E-state index is 12.4. The Morgan fingerprint density at radius 3 is 2.84 bits per heavy atom. The van der Waals surface area contributed by atoms with Crippen molar-refractivity contribution in [1.29, 1.82) is 0 Å². The molecule has 0 bridgehead atoms. The summed E-state index contributed by atoms with van der Waals surface area (Å²) < 4.78 is 5.22. The van der Waals surface area contributed by atoms with Crippen molar-refractivity contribution >= 4 is 11.6 Å². The van der Waals surface area contributed by atoms with Crippen molar-refractivity contribution in [2.45, 2.75) is 20.4 Å². The van der Waals surface area contributed by atoms with E-state index in [1.807, 2.05) is 13.0 Å². The van der Waals surface area contributed by atoms with Crippen molar-refractivity contribution in [1.82, 2.24) is 9.88 Å². The molecule has 0 saturated carbocycles. The number of carbonyl (C=O) groups is 1. The van der Waals surface area contributed by atoms with Crippen LogP contribution >= 0.6 is 0 Å². The quantitative estimate of drug-likeness (QED) is 0.916. The molecule has 5 nitrogen and oxygen atoms in total. The first kappa shape index (κ1) is 13.1. The molecular formula is C14H17N3O2. The Morgan fingerprint density at radius 1 is 1.47 bits per heavy atom. The predicted molar refractivity (Wildman–Crippen MR) is 72.6 cm³/mol. The minimum absolute atomic E-state index is 0.0992. The smallest absolute Gasteiger partial charge is 0.255 e. The number of furan rings is 1. The van der Waals surface area contributed by atoms with E-state index < -0.39 is 0 Å². The molecule has 19 heavy (non-hydrogen) atoms. The van der Waals surface area contributed by atoms with Crippen LogP contribution in [0, 0.1) is 13.8 Å². The molecule has 2 aromatic rings. The molecule has 0 aliphatic rings. The molecular weight excluding hydrogens is 242 g/mol. The zero-order chi connectivity index (χ0) is 14.0. The van der Waals surface area contributed by atoms with Crippen LogP contribution < -0.4 is 5.73 Å². The summed E-state index contributed by atoms with van der Waals surface area (Å²) >= 11 is 0. The lowest BCUT2D eigenvalue weighted by molar-refractivity contribution is 0.0783. The average Bonchev–Trinajstić information content (AvgIpc) is 2.77. The number of hydrogen-bond acceptors (Lipinski definition) is 4. The molecule has 0 aromatic carbocycles. The number of nitrogen functional groups attached to an aromatic ring is 1. The zero-order valence-electron chi connectivity index (χ0n) is 11.3. The second-order valence-corrected chi connectivity index (χ2v) is 4.56. The van der Waals surface area contributed by atoms with Crippen LogP contribution in [-0.2, 0) is 6.54 Å². The van der Waals surface area contributed by atoms with Crippen LogP contribution in [0.5, 0.6) is 0 Å². The van der Waals surface area contributed by atoms with Gasteiger partial charge in [0.15, 0.2) is 0 Å². The van der Waals surface area contributed by atoms with Gasteiger partial charge in [-0.2, -0.15) is 0 Å². The molecule has 2 aromatic heterocycles. The monoisotopic (exact) mass is 259 g/mol. The van der Waals surface area contributed by atoms with Crippen LogP contribution in [-0.4, -0.2) is 22.8 Å². The number of nitrogens with zero attached hydrogens (tertiary/aromatic N) is 2. The minimum atomic E-state index is -0.0992. The Kier molecular flexibility index (Phi) is 3.55. The topological polar surface area (TPSA) is 72.4 Å². The van der Waals surface area contributed by atoms with Gasteiger partial charge in [-0.3, -0.25) is 9.78 Å². The largest absolute Gasteiger partial charge is 0.469 e. The molecule has 2 rings (SSSR count). The van der Waals surface area contributed by atoms with Gasteiger partial charge in [-0.15, -0.1) is 0 Å². The van der Waals surface area contributed by atoms with E-state index in [1.165, 1.54) is 0 Å². The highest BCUT2D eigenvalue weighted by molar-refractivity contribution is 5.95. The maximum Gasteiger partial charge on any atom is 0.255 e. The van der Waals surface area contributed by atoms with Crippen LogP contribution in [0.3, 0.4) is 0 Å². The van der Waals surface area contributed by atoms with Crippen molar-refractivity contribution < 1.29 is 9.21 Å². The molecule has 1 amide bonds. The number of aryl methyl sites for hydroxylation is 2. The Bertz CT molecular complexity index is 604. The molecule has 2 heterocycles. The van der Waals surface area contributed by atoms with E-state index >= 15 is 0 Å². The third-order valence-electron chi connectivity index (χ3n) is 3.06. The van der Waals surface area contributed by atoms with Gasteiger partial charge in [-0.1, -0.05) is 0 Å². The summed E-state index contributed by atoms with van der Waals surface area (Å²) in [6.07, 6.45) is 3.17. The van der Waals surface area contributed by atoms with Gasteiger partial charge in [0.05, 0.1) is 29.4 Å². The summed E-state index contributed by atoms with van der Waals surface area (Å²) in [4.78, 5) is 18.1. The Hall–Kier alpha value is -2.30. The van der Waals surface area contributed by atoms with Crippen LogP contribution in [0.4, 0.5) is 5.69 Å². The maximum absolute atomic E-state index is 12.4. The highest BCUT2D eigenvalue weighted by Gasteiger charge is 2.16. The van der Waals surface area contributed by atoms with Gasteiger partial charge in [-0.25, -0.2) is 0 Å². The SMILES string of the molecule is Cc1ncc(N)cc1C(=O)N(C)Cc1ccoc1C. The number of amides is 1. The third kappa shape index (κ3) is 2.76. The lowest BCUT2D eigenvalue weighted by Gasteiger charge is -2.18. The number of rotatable bonds is 3.